The smallest absolute Gasteiger partial charge is 0.272 e. The number of nitrogens with zero attached hydrogens (tertiary/aromatic N) is 2. The molecule has 2 amide bonds. The van der Waals surface area contributed by atoms with Crippen LogP contribution in [0.15, 0.2) is 48.7 Å². The maximum absolute atomic E-state index is 12.9. The van der Waals surface area contributed by atoms with Gasteiger partial charge in [-0.25, -0.2) is 4.52 Å². The number of hydrogen-bond donors (Lipinski definition) is 3. The second kappa shape index (κ2) is 8.67. The minimum Gasteiger partial charge on any atom is -0.391 e. The van der Waals surface area contributed by atoms with E-state index in [1.54, 1.807) is 23.7 Å². The van der Waals surface area contributed by atoms with Crippen LogP contribution in [0.4, 0.5) is 0 Å². The Bertz CT molecular complexity index is 1080. The molecule has 0 aliphatic heterocycles. The van der Waals surface area contributed by atoms with Crippen LogP contribution in [0.1, 0.15) is 57.7 Å². The van der Waals surface area contributed by atoms with Crippen LogP contribution in [-0.4, -0.2) is 45.7 Å². The van der Waals surface area contributed by atoms with Gasteiger partial charge in [-0.2, -0.15) is 5.10 Å². The number of hydrogen-bond acceptors (Lipinski definition) is 4. The molecule has 2 aromatic heterocycles. The van der Waals surface area contributed by atoms with Gasteiger partial charge < -0.3 is 15.7 Å². The largest absolute Gasteiger partial charge is 0.391 e. The lowest BCUT2D eigenvalue weighted by atomic mass is 9.92. The molecule has 7 nitrogen and oxygen atoms in total. The van der Waals surface area contributed by atoms with Gasteiger partial charge >= 0.3 is 0 Å². The summed E-state index contributed by atoms with van der Waals surface area (Å²) < 4.78 is 1.70. The van der Waals surface area contributed by atoms with Crippen molar-refractivity contribution < 1.29 is 14.7 Å². The van der Waals surface area contributed by atoms with E-state index in [2.05, 4.69) is 15.7 Å². The van der Waals surface area contributed by atoms with Crippen LogP contribution < -0.4 is 10.6 Å². The summed E-state index contributed by atoms with van der Waals surface area (Å²) in [5, 5.41) is 20.2. The molecule has 156 valence electrons. The fourth-order valence-corrected chi connectivity index (χ4v) is 4.06. The Morgan fingerprint density at radius 3 is 2.77 bits per heavy atom. The predicted molar refractivity (Wildman–Crippen MR) is 114 cm³/mol. The Kier molecular flexibility index (Phi) is 5.81. The van der Waals surface area contributed by atoms with Crippen LogP contribution in [0.3, 0.4) is 0 Å². The highest BCUT2D eigenvalue weighted by Crippen LogP contribution is 2.20. The molecule has 0 spiro atoms. The van der Waals surface area contributed by atoms with Crippen molar-refractivity contribution in [3.8, 4) is 0 Å². The van der Waals surface area contributed by atoms with Gasteiger partial charge in [0, 0.05) is 18.8 Å². The first-order chi connectivity index (χ1) is 14.5. The first-order valence-corrected chi connectivity index (χ1v) is 10.3. The molecular weight excluding hydrogens is 380 g/mol. The number of fused-ring (bicyclic) bond motifs is 1. The lowest BCUT2D eigenvalue weighted by Crippen LogP contribution is -2.45. The van der Waals surface area contributed by atoms with Gasteiger partial charge in [0.15, 0.2) is 0 Å². The maximum atomic E-state index is 12.9. The summed E-state index contributed by atoms with van der Waals surface area (Å²) in [7, 11) is 1.61. The van der Waals surface area contributed by atoms with Gasteiger partial charge in [0.05, 0.1) is 17.7 Å². The number of nitrogens with one attached hydrogen (secondary N) is 2. The van der Waals surface area contributed by atoms with Crippen molar-refractivity contribution in [2.75, 3.05) is 7.05 Å². The number of aromatic nitrogens is 2. The zero-order valence-electron chi connectivity index (χ0n) is 17.0. The van der Waals surface area contributed by atoms with Gasteiger partial charge in [-0.15, -0.1) is 0 Å². The molecule has 0 radical (unpaired) electrons. The molecule has 3 aromatic rings. The summed E-state index contributed by atoms with van der Waals surface area (Å²) in [5.41, 5.74) is 3.74. The molecule has 1 fully saturated rings. The van der Waals surface area contributed by atoms with E-state index in [1.165, 1.54) is 0 Å². The van der Waals surface area contributed by atoms with Crippen molar-refractivity contribution in [2.45, 2.75) is 44.2 Å². The highest BCUT2D eigenvalue weighted by Gasteiger charge is 2.25. The summed E-state index contributed by atoms with van der Waals surface area (Å²) in [6.45, 7) is 0. The van der Waals surface area contributed by atoms with E-state index in [1.807, 2.05) is 36.5 Å². The maximum Gasteiger partial charge on any atom is 0.272 e. The summed E-state index contributed by atoms with van der Waals surface area (Å²) in [6, 6.07) is 12.9. The summed E-state index contributed by atoms with van der Waals surface area (Å²) >= 11 is 0. The zero-order chi connectivity index (χ0) is 21.1. The molecular formula is C23H26N4O3. The molecule has 0 bridgehead atoms. The molecule has 1 aromatic carbocycles. The summed E-state index contributed by atoms with van der Waals surface area (Å²) in [4.78, 5) is 24.8. The van der Waals surface area contributed by atoms with Crippen molar-refractivity contribution >= 4 is 17.3 Å². The summed E-state index contributed by atoms with van der Waals surface area (Å²) in [5.74, 6) is -0.414. The van der Waals surface area contributed by atoms with Gasteiger partial charge in [-0.1, -0.05) is 25.0 Å². The van der Waals surface area contributed by atoms with Crippen molar-refractivity contribution in [1.29, 1.82) is 0 Å². The number of aliphatic hydroxyl groups is 1. The number of amides is 2. The molecule has 0 saturated heterocycles. The number of carbonyl (C=O) groups is 2. The second-order valence-corrected chi connectivity index (χ2v) is 7.78. The third-order valence-corrected chi connectivity index (χ3v) is 5.67. The third kappa shape index (κ3) is 4.21. The first kappa shape index (κ1) is 20.1. The third-order valence-electron chi connectivity index (χ3n) is 5.67. The molecule has 1 aliphatic rings. The van der Waals surface area contributed by atoms with E-state index >= 15 is 0 Å². The molecule has 0 unspecified atom stereocenters. The van der Waals surface area contributed by atoms with Crippen LogP contribution in [0.25, 0.3) is 5.52 Å². The van der Waals surface area contributed by atoms with Crippen molar-refractivity contribution in [3.63, 3.8) is 0 Å². The molecule has 1 aliphatic carbocycles. The van der Waals surface area contributed by atoms with Crippen LogP contribution >= 0.6 is 0 Å². The Balaban J connectivity index is 1.61. The SMILES string of the molecule is CNC(=O)c1cccc(Cc2cc(C(=O)N[C@H]3CCCC[C@@H]3O)nn3cccc23)c1. The Labute approximate surface area is 175 Å². The highest BCUT2D eigenvalue weighted by molar-refractivity contribution is 5.94. The van der Waals surface area contributed by atoms with Crippen molar-refractivity contribution in [2.24, 2.45) is 0 Å². The number of rotatable bonds is 5. The van der Waals surface area contributed by atoms with Gasteiger partial charge in [-0.05, 0) is 60.7 Å². The Morgan fingerprint density at radius 2 is 1.97 bits per heavy atom. The Morgan fingerprint density at radius 1 is 1.13 bits per heavy atom. The van der Waals surface area contributed by atoms with Gasteiger partial charge in [0.2, 0.25) is 0 Å². The normalized spacial score (nSPS) is 18.9. The molecule has 1 saturated carbocycles. The van der Waals surface area contributed by atoms with E-state index in [9.17, 15) is 14.7 Å². The molecule has 7 heteroatoms. The standard InChI is InChI=1S/C23H26N4O3/c1-24-22(29)16-7-4-6-15(12-16)13-17-14-19(26-27-11-5-9-20(17)27)23(30)25-18-8-2-3-10-21(18)28/h4-7,9,11-12,14,18,21,28H,2-3,8,10,13H2,1H3,(H,24,29)(H,25,30)/t18-,21-/m0/s1. The average molecular weight is 406 g/mol. The lowest BCUT2D eigenvalue weighted by molar-refractivity contribution is 0.0712. The Hall–Kier alpha value is -3.19. The van der Waals surface area contributed by atoms with Crippen molar-refractivity contribution in [1.82, 2.24) is 20.2 Å². The number of carbonyl (C=O) groups excluding carboxylic acids is 2. The molecule has 3 N–H and O–H groups in total. The van der Waals surface area contributed by atoms with Crippen LogP contribution in [0.5, 0.6) is 0 Å². The summed E-state index contributed by atoms with van der Waals surface area (Å²) in [6.07, 6.45) is 5.34. The van der Waals surface area contributed by atoms with Crippen LogP contribution in [0.2, 0.25) is 0 Å². The van der Waals surface area contributed by atoms with Crippen LogP contribution in [-0.2, 0) is 6.42 Å². The fourth-order valence-electron chi connectivity index (χ4n) is 4.06. The van der Waals surface area contributed by atoms with E-state index in [4.69, 9.17) is 0 Å². The lowest BCUT2D eigenvalue weighted by Gasteiger charge is -2.28. The van der Waals surface area contributed by atoms with E-state index in [0.717, 1.165) is 35.9 Å². The predicted octanol–water partition coefficient (Wildman–Crippen LogP) is 2.32. The quantitative estimate of drug-likeness (QED) is 0.606. The van der Waals surface area contributed by atoms with E-state index in [-0.39, 0.29) is 17.9 Å². The minimum atomic E-state index is -0.509. The van der Waals surface area contributed by atoms with Crippen molar-refractivity contribution in [3.05, 3.63) is 71.0 Å². The van der Waals surface area contributed by atoms with Gasteiger partial charge in [0.25, 0.3) is 11.8 Å². The zero-order valence-corrected chi connectivity index (χ0v) is 17.0. The first-order valence-electron chi connectivity index (χ1n) is 10.3. The highest BCUT2D eigenvalue weighted by atomic mass is 16.3. The average Bonchev–Trinajstić information content (AvgIpc) is 3.24. The monoisotopic (exact) mass is 406 g/mol. The second-order valence-electron chi connectivity index (χ2n) is 7.78. The number of aliphatic hydroxyl groups excluding tert-OH is 1. The molecule has 2 heterocycles. The number of benzene rings is 1. The molecule has 2 atom stereocenters. The van der Waals surface area contributed by atoms with Crippen LogP contribution in [0, 0.1) is 0 Å². The molecule has 30 heavy (non-hydrogen) atoms. The molecule has 4 rings (SSSR count). The van der Waals surface area contributed by atoms with Gasteiger partial charge in [0.1, 0.15) is 5.69 Å². The topological polar surface area (TPSA) is 95.7 Å². The van der Waals surface area contributed by atoms with Gasteiger partial charge in [-0.3, -0.25) is 9.59 Å². The van der Waals surface area contributed by atoms with E-state index in [0.29, 0.717) is 24.1 Å². The van der Waals surface area contributed by atoms with E-state index < -0.39 is 6.10 Å². The minimum absolute atomic E-state index is 0.134. The fraction of sp³-hybridized carbons (Fsp3) is 0.348.